The molecule has 8 nitrogen and oxygen atoms in total. The van der Waals surface area contributed by atoms with Gasteiger partial charge in [0.05, 0.1) is 23.5 Å². The summed E-state index contributed by atoms with van der Waals surface area (Å²) in [5, 5.41) is 10.2. The number of amides is 3. The molecule has 0 aliphatic heterocycles. The van der Waals surface area contributed by atoms with E-state index in [-0.39, 0.29) is 22.9 Å². The predicted octanol–water partition coefficient (Wildman–Crippen LogP) is 5.85. The van der Waals surface area contributed by atoms with Gasteiger partial charge in [-0.1, -0.05) is 39.3 Å². The fraction of sp³-hybridized carbons (Fsp3) is 0.346. The molecule has 2 aromatic carbocycles. The average molecular weight is 516 g/mol. The Bertz CT molecular complexity index is 1220. The Balaban J connectivity index is 1.79. The van der Waals surface area contributed by atoms with Crippen molar-refractivity contribution in [1.82, 2.24) is 14.7 Å². The van der Waals surface area contributed by atoms with Crippen LogP contribution in [0.1, 0.15) is 39.8 Å². The van der Waals surface area contributed by atoms with Crippen LogP contribution in [0.4, 0.5) is 20.7 Å². The molecular weight excluding hydrogens is 485 g/mol. The van der Waals surface area contributed by atoms with E-state index < -0.39 is 11.8 Å². The van der Waals surface area contributed by atoms with Crippen molar-refractivity contribution in [3.05, 3.63) is 65.1 Å². The Kier molecular flexibility index (Phi) is 8.57. The van der Waals surface area contributed by atoms with Crippen LogP contribution in [0.2, 0.25) is 5.02 Å². The van der Waals surface area contributed by atoms with E-state index in [0.29, 0.717) is 30.2 Å². The topological polar surface area (TPSA) is 88.5 Å². The van der Waals surface area contributed by atoms with Gasteiger partial charge in [-0.2, -0.15) is 5.10 Å². The normalized spacial score (nSPS) is 11.2. The zero-order chi connectivity index (χ0) is 26.5. The minimum absolute atomic E-state index is 0.103. The molecule has 192 valence electrons. The number of benzene rings is 2. The van der Waals surface area contributed by atoms with Gasteiger partial charge < -0.3 is 20.3 Å². The van der Waals surface area contributed by atoms with Crippen molar-refractivity contribution in [2.24, 2.45) is 0 Å². The number of methoxy groups -OCH3 is 1. The quantitative estimate of drug-likeness (QED) is 0.393. The first-order valence-corrected chi connectivity index (χ1v) is 12.0. The van der Waals surface area contributed by atoms with Crippen LogP contribution in [0.25, 0.3) is 5.69 Å². The minimum atomic E-state index is -0.581. The summed E-state index contributed by atoms with van der Waals surface area (Å²) in [6.07, 6.45) is 0.642. The molecule has 0 saturated heterocycles. The molecule has 0 atom stereocenters. The number of carbonyl (C=O) groups is 2. The number of halogens is 2. The minimum Gasteiger partial charge on any atom is -0.497 e. The van der Waals surface area contributed by atoms with Crippen molar-refractivity contribution in [3.8, 4) is 11.4 Å². The maximum Gasteiger partial charge on any atom is 0.322 e. The Morgan fingerprint density at radius 3 is 2.39 bits per heavy atom. The molecule has 0 aliphatic carbocycles. The first kappa shape index (κ1) is 27.0. The number of carbonyl (C=O) groups excluding carboxylic acids is 2. The van der Waals surface area contributed by atoms with Crippen LogP contribution in [0.15, 0.2) is 48.5 Å². The van der Waals surface area contributed by atoms with Crippen molar-refractivity contribution in [1.29, 1.82) is 0 Å². The molecular formula is C26H31ClFN5O3. The molecule has 0 aliphatic rings. The van der Waals surface area contributed by atoms with Gasteiger partial charge in [-0.3, -0.25) is 4.79 Å². The lowest BCUT2D eigenvalue weighted by Crippen LogP contribution is -2.41. The summed E-state index contributed by atoms with van der Waals surface area (Å²) in [6.45, 7) is 8.17. The molecule has 36 heavy (non-hydrogen) atoms. The molecule has 0 fully saturated rings. The fourth-order valence-electron chi connectivity index (χ4n) is 3.41. The molecule has 3 amide bonds. The first-order chi connectivity index (χ1) is 17.0. The summed E-state index contributed by atoms with van der Waals surface area (Å²) in [7, 11) is 1.59. The zero-order valence-corrected chi connectivity index (χ0v) is 21.8. The lowest BCUT2D eigenvalue weighted by Gasteiger charge is -2.22. The van der Waals surface area contributed by atoms with Crippen LogP contribution in [0.5, 0.6) is 5.75 Å². The fourth-order valence-corrected chi connectivity index (χ4v) is 3.59. The molecule has 3 aromatic rings. The molecule has 10 heteroatoms. The molecule has 1 aromatic heterocycles. The SMILES string of the molecule is CCCN(CC(=O)Nc1cc(C(C)(C)C)nn1-c1ccc(OC)cc1)C(=O)Nc1ccc(F)c(Cl)c1. The van der Waals surface area contributed by atoms with Gasteiger partial charge in [-0.15, -0.1) is 0 Å². The highest BCUT2D eigenvalue weighted by Gasteiger charge is 2.23. The maximum atomic E-state index is 13.4. The Labute approximate surface area is 215 Å². The smallest absolute Gasteiger partial charge is 0.322 e. The van der Waals surface area contributed by atoms with Gasteiger partial charge in [0.1, 0.15) is 23.9 Å². The summed E-state index contributed by atoms with van der Waals surface area (Å²) in [5.74, 6) is 0.224. The number of rotatable bonds is 8. The molecule has 0 spiro atoms. The second kappa shape index (κ2) is 11.4. The summed E-state index contributed by atoms with van der Waals surface area (Å²) in [5.41, 5.74) is 1.63. The predicted molar refractivity (Wildman–Crippen MR) is 140 cm³/mol. The van der Waals surface area contributed by atoms with Gasteiger partial charge in [-0.25, -0.2) is 13.9 Å². The van der Waals surface area contributed by atoms with Crippen LogP contribution in [-0.4, -0.2) is 46.8 Å². The Hall–Kier alpha value is -3.59. The van der Waals surface area contributed by atoms with Crippen molar-refractivity contribution in [2.75, 3.05) is 30.8 Å². The average Bonchev–Trinajstić information content (AvgIpc) is 3.25. The van der Waals surface area contributed by atoms with E-state index in [1.165, 1.54) is 23.1 Å². The number of hydrogen-bond acceptors (Lipinski definition) is 4. The molecule has 3 rings (SSSR count). The van der Waals surface area contributed by atoms with Gasteiger partial charge in [0.2, 0.25) is 5.91 Å². The van der Waals surface area contributed by atoms with E-state index in [0.717, 1.165) is 11.4 Å². The highest BCUT2D eigenvalue weighted by molar-refractivity contribution is 6.31. The summed E-state index contributed by atoms with van der Waals surface area (Å²) >= 11 is 5.81. The van der Waals surface area contributed by atoms with Crippen LogP contribution in [0.3, 0.4) is 0 Å². The lowest BCUT2D eigenvalue weighted by molar-refractivity contribution is -0.116. The molecule has 0 radical (unpaired) electrons. The number of hydrogen-bond donors (Lipinski definition) is 2. The van der Waals surface area contributed by atoms with Gasteiger partial charge >= 0.3 is 6.03 Å². The zero-order valence-electron chi connectivity index (χ0n) is 21.1. The number of nitrogens with one attached hydrogen (secondary N) is 2. The molecule has 1 heterocycles. The number of urea groups is 1. The monoisotopic (exact) mass is 515 g/mol. The largest absolute Gasteiger partial charge is 0.497 e. The van der Waals surface area contributed by atoms with E-state index in [1.807, 2.05) is 58.0 Å². The highest BCUT2D eigenvalue weighted by Crippen LogP contribution is 2.27. The third-order valence-corrected chi connectivity index (χ3v) is 5.64. The molecule has 0 bridgehead atoms. The summed E-state index contributed by atoms with van der Waals surface area (Å²) < 4.78 is 20.3. The van der Waals surface area contributed by atoms with Crippen molar-refractivity contribution >= 4 is 35.0 Å². The number of nitrogens with zero attached hydrogens (tertiary/aromatic N) is 3. The van der Waals surface area contributed by atoms with E-state index in [1.54, 1.807) is 11.8 Å². The molecule has 0 saturated carbocycles. The van der Waals surface area contributed by atoms with E-state index in [2.05, 4.69) is 10.6 Å². The lowest BCUT2D eigenvalue weighted by atomic mass is 9.92. The standard InChI is InChI=1S/C26H31ClFN5O3/c1-6-13-32(25(35)29-17-7-12-21(28)20(27)14-17)16-24(34)30-23-15-22(26(2,3)4)31-33(23)18-8-10-19(36-5)11-9-18/h7-12,14-15H,6,13,16H2,1-5H3,(H,29,35)(H,30,34). The van der Waals surface area contributed by atoms with E-state index in [9.17, 15) is 14.0 Å². The second-order valence-electron chi connectivity index (χ2n) is 9.30. The highest BCUT2D eigenvalue weighted by atomic mass is 35.5. The maximum absolute atomic E-state index is 13.4. The van der Waals surface area contributed by atoms with Crippen LogP contribution in [0, 0.1) is 5.82 Å². The van der Waals surface area contributed by atoms with Gasteiger partial charge in [0, 0.05) is 23.7 Å². The van der Waals surface area contributed by atoms with Gasteiger partial charge in [0.25, 0.3) is 0 Å². The number of aromatic nitrogens is 2. The third kappa shape index (κ3) is 6.75. The van der Waals surface area contributed by atoms with Gasteiger partial charge in [0.15, 0.2) is 0 Å². The van der Waals surface area contributed by atoms with E-state index >= 15 is 0 Å². The molecule has 2 N–H and O–H groups in total. The first-order valence-electron chi connectivity index (χ1n) is 11.6. The van der Waals surface area contributed by atoms with Crippen LogP contribution in [-0.2, 0) is 10.2 Å². The number of anilines is 2. The van der Waals surface area contributed by atoms with Crippen molar-refractivity contribution in [2.45, 2.75) is 39.5 Å². The second-order valence-corrected chi connectivity index (χ2v) is 9.71. The number of ether oxygens (including phenoxy) is 1. The van der Waals surface area contributed by atoms with Crippen molar-refractivity contribution < 1.29 is 18.7 Å². The summed E-state index contributed by atoms with van der Waals surface area (Å²) in [6, 6.07) is 12.5. The van der Waals surface area contributed by atoms with Crippen LogP contribution >= 0.6 is 11.6 Å². The third-order valence-electron chi connectivity index (χ3n) is 5.35. The van der Waals surface area contributed by atoms with E-state index in [4.69, 9.17) is 21.4 Å². The van der Waals surface area contributed by atoms with Crippen LogP contribution < -0.4 is 15.4 Å². The Morgan fingerprint density at radius 2 is 1.81 bits per heavy atom. The summed E-state index contributed by atoms with van der Waals surface area (Å²) in [4.78, 5) is 27.3. The molecule has 0 unspecified atom stereocenters. The van der Waals surface area contributed by atoms with Gasteiger partial charge in [-0.05, 0) is 48.9 Å². The van der Waals surface area contributed by atoms with Crippen molar-refractivity contribution in [3.63, 3.8) is 0 Å². The Morgan fingerprint density at radius 1 is 1.11 bits per heavy atom.